The highest BCUT2D eigenvalue weighted by atomic mass is 32.2. The van der Waals surface area contributed by atoms with Gasteiger partial charge in [-0.2, -0.15) is 0 Å². The normalized spacial score (nSPS) is 10.9. The first-order valence-electron chi connectivity index (χ1n) is 10.6. The van der Waals surface area contributed by atoms with Crippen molar-refractivity contribution in [3.05, 3.63) is 78.4 Å². The van der Waals surface area contributed by atoms with Gasteiger partial charge in [-0.25, -0.2) is 23.6 Å². The number of hydrazine groups is 2. The minimum atomic E-state index is -3.37. The van der Waals surface area contributed by atoms with Gasteiger partial charge in [0.1, 0.15) is 5.84 Å². The van der Waals surface area contributed by atoms with Gasteiger partial charge in [-0.1, -0.05) is 49.4 Å². The van der Waals surface area contributed by atoms with Crippen LogP contribution in [0.1, 0.15) is 18.9 Å². The van der Waals surface area contributed by atoms with E-state index in [4.69, 9.17) is 11.1 Å². The van der Waals surface area contributed by atoms with Gasteiger partial charge in [0.05, 0.1) is 16.3 Å². The van der Waals surface area contributed by atoms with E-state index in [1.54, 1.807) is 72.8 Å². The zero-order chi connectivity index (χ0) is 24.7. The second-order valence-corrected chi connectivity index (χ2v) is 9.64. The molecule has 3 aromatic carbocycles. The number of hydrogen-bond acceptors (Lipinski definition) is 6. The first-order valence-corrected chi connectivity index (χ1v) is 12.5. The van der Waals surface area contributed by atoms with Crippen LogP contribution in [-0.2, 0) is 9.84 Å². The summed E-state index contributed by atoms with van der Waals surface area (Å²) in [6, 6.07) is 20.4. The molecule has 2 amide bonds. The minimum absolute atomic E-state index is 0.0561. The Bertz CT molecular complexity index is 1280. The van der Waals surface area contributed by atoms with Crippen molar-refractivity contribution in [2.75, 3.05) is 23.7 Å². The van der Waals surface area contributed by atoms with Crippen molar-refractivity contribution in [3.8, 4) is 11.1 Å². The number of nitrogen functional groups attached to an aromatic ring is 1. The molecule has 0 heterocycles. The summed E-state index contributed by atoms with van der Waals surface area (Å²) >= 11 is 0. The summed E-state index contributed by atoms with van der Waals surface area (Å²) in [6.07, 6.45) is 1.91. The van der Waals surface area contributed by atoms with Crippen LogP contribution in [0.5, 0.6) is 0 Å². The Morgan fingerprint density at radius 2 is 1.71 bits per heavy atom. The van der Waals surface area contributed by atoms with E-state index >= 15 is 0 Å². The maximum Gasteiger partial charge on any atom is 0.354 e. The third kappa shape index (κ3) is 6.26. The second-order valence-electron chi connectivity index (χ2n) is 7.66. The van der Waals surface area contributed by atoms with Crippen LogP contribution < -0.4 is 22.0 Å². The van der Waals surface area contributed by atoms with Crippen molar-refractivity contribution in [3.63, 3.8) is 0 Å². The van der Waals surface area contributed by atoms with Crippen molar-refractivity contribution < 1.29 is 13.2 Å². The third-order valence-electron chi connectivity index (χ3n) is 4.93. The van der Waals surface area contributed by atoms with Gasteiger partial charge >= 0.3 is 6.03 Å². The lowest BCUT2D eigenvalue weighted by molar-refractivity contribution is 0.210. The largest absolute Gasteiger partial charge is 0.384 e. The van der Waals surface area contributed by atoms with Gasteiger partial charge in [-0.3, -0.25) is 16.3 Å². The first kappa shape index (κ1) is 24.6. The van der Waals surface area contributed by atoms with E-state index in [2.05, 4.69) is 16.3 Å². The number of benzene rings is 3. The average molecular weight is 481 g/mol. The highest BCUT2D eigenvalue weighted by Gasteiger charge is 2.15. The van der Waals surface area contributed by atoms with Gasteiger partial charge in [-0.15, -0.1) is 0 Å². The Balaban J connectivity index is 1.68. The van der Waals surface area contributed by atoms with Crippen LogP contribution in [0.15, 0.2) is 77.7 Å². The molecule has 0 bridgehead atoms. The molecule has 0 spiro atoms. The van der Waals surface area contributed by atoms with Crippen LogP contribution in [0.2, 0.25) is 0 Å². The number of anilines is 2. The number of carbonyl (C=O) groups is 1. The lowest BCUT2D eigenvalue weighted by Crippen LogP contribution is -2.46. The quantitative estimate of drug-likeness (QED) is 0.179. The summed E-state index contributed by atoms with van der Waals surface area (Å²) in [5.74, 6) is -0.0561. The van der Waals surface area contributed by atoms with E-state index in [1.807, 2.05) is 6.92 Å². The van der Waals surface area contributed by atoms with Gasteiger partial charge in [0.2, 0.25) is 0 Å². The summed E-state index contributed by atoms with van der Waals surface area (Å²) in [5.41, 5.74) is 17.3. The number of sulfone groups is 1. The number of amidine groups is 1. The van der Waals surface area contributed by atoms with E-state index in [-0.39, 0.29) is 10.7 Å². The molecular weight excluding hydrogens is 452 g/mol. The lowest BCUT2D eigenvalue weighted by Gasteiger charge is -2.25. The topological polar surface area (TPSA) is 140 Å². The van der Waals surface area contributed by atoms with E-state index in [0.29, 0.717) is 29.0 Å². The molecule has 0 saturated heterocycles. The fourth-order valence-electron chi connectivity index (χ4n) is 3.30. The highest BCUT2D eigenvalue weighted by Crippen LogP contribution is 2.28. The molecule has 3 rings (SSSR count). The molecule has 0 saturated carbocycles. The molecular formula is C24H28N6O3S. The maximum absolute atomic E-state index is 12.7. The van der Waals surface area contributed by atoms with Crippen LogP contribution in [0.25, 0.3) is 11.1 Å². The number of carbonyl (C=O) groups excluding carboxylic acids is 1. The highest BCUT2D eigenvalue weighted by molar-refractivity contribution is 7.90. The minimum Gasteiger partial charge on any atom is -0.384 e. The molecule has 3 aromatic rings. The van der Waals surface area contributed by atoms with Crippen molar-refractivity contribution >= 4 is 33.1 Å². The number of hydrogen-bond donors (Lipinski definition) is 5. The smallest absolute Gasteiger partial charge is 0.354 e. The molecule has 0 radical (unpaired) electrons. The molecule has 6 N–H and O–H groups in total. The number of nitrogens with two attached hydrogens (primary N) is 1. The van der Waals surface area contributed by atoms with E-state index in [0.717, 1.165) is 12.0 Å². The molecule has 10 heteroatoms. The molecule has 34 heavy (non-hydrogen) atoms. The van der Waals surface area contributed by atoms with Crippen molar-refractivity contribution in [2.45, 2.75) is 18.2 Å². The molecule has 0 aliphatic carbocycles. The number of amides is 2. The third-order valence-corrected chi connectivity index (χ3v) is 6.08. The Morgan fingerprint density at radius 1 is 1.00 bits per heavy atom. The zero-order valence-corrected chi connectivity index (χ0v) is 19.8. The predicted octanol–water partition coefficient (Wildman–Crippen LogP) is 3.82. The number of nitrogens with zero attached hydrogens (tertiary/aromatic N) is 1. The maximum atomic E-state index is 12.7. The Labute approximate surface area is 199 Å². The summed E-state index contributed by atoms with van der Waals surface area (Å²) < 4.78 is 24.2. The number of rotatable bonds is 9. The molecule has 0 aliphatic heterocycles. The first-order chi connectivity index (χ1) is 16.2. The Kier molecular flexibility index (Phi) is 7.75. The van der Waals surface area contributed by atoms with Gasteiger partial charge in [0.25, 0.3) is 0 Å². The average Bonchev–Trinajstić information content (AvgIpc) is 2.82. The van der Waals surface area contributed by atoms with Crippen LogP contribution >= 0.6 is 0 Å². The standard InChI is InChI=1S/C24H28N6O3S/c1-3-15-30(29-20-8-6-7-18(16-20)23(25)26)24(31)28-27-19-13-11-17(12-14-19)21-9-4-5-10-22(21)34(2,32)33/h4-14,16,27,29H,3,15H2,1-2H3,(H3,25,26)(H,28,31). The van der Waals surface area contributed by atoms with Crippen LogP contribution in [0.4, 0.5) is 16.2 Å². The fraction of sp³-hybridized carbons (Fsp3) is 0.167. The number of urea groups is 1. The molecule has 9 nitrogen and oxygen atoms in total. The van der Waals surface area contributed by atoms with Gasteiger partial charge in [0, 0.05) is 23.9 Å². The molecule has 0 fully saturated rings. The van der Waals surface area contributed by atoms with Crippen LogP contribution in [-0.4, -0.2) is 38.1 Å². The monoisotopic (exact) mass is 480 g/mol. The predicted molar refractivity (Wildman–Crippen MR) is 135 cm³/mol. The lowest BCUT2D eigenvalue weighted by atomic mass is 10.1. The summed E-state index contributed by atoms with van der Waals surface area (Å²) in [5, 5.41) is 8.99. The summed E-state index contributed by atoms with van der Waals surface area (Å²) in [6.45, 7) is 2.40. The van der Waals surface area contributed by atoms with E-state index in [1.165, 1.54) is 11.3 Å². The molecule has 0 aromatic heterocycles. The molecule has 0 aliphatic rings. The van der Waals surface area contributed by atoms with E-state index < -0.39 is 15.9 Å². The Hall–Kier alpha value is -4.05. The van der Waals surface area contributed by atoms with Crippen LogP contribution in [0.3, 0.4) is 0 Å². The zero-order valence-electron chi connectivity index (χ0n) is 19.0. The van der Waals surface area contributed by atoms with Crippen LogP contribution in [0, 0.1) is 5.41 Å². The fourth-order valence-corrected chi connectivity index (χ4v) is 4.21. The molecule has 0 unspecified atom stereocenters. The van der Waals surface area contributed by atoms with Crippen molar-refractivity contribution in [2.24, 2.45) is 5.73 Å². The summed E-state index contributed by atoms with van der Waals surface area (Å²) in [4.78, 5) is 13.0. The Morgan fingerprint density at radius 3 is 2.35 bits per heavy atom. The second kappa shape index (κ2) is 10.7. The van der Waals surface area contributed by atoms with Gasteiger partial charge in [-0.05, 0) is 42.3 Å². The van der Waals surface area contributed by atoms with E-state index in [9.17, 15) is 13.2 Å². The molecule has 0 atom stereocenters. The van der Waals surface area contributed by atoms with Crippen molar-refractivity contribution in [1.29, 1.82) is 5.41 Å². The SMILES string of the molecule is CCCN(Nc1cccc(C(=N)N)c1)C(=O)NNc1ccc(-c2ccccc2S(C)(=O)=O)cc1. The number of nitrogens with one attached hydrogen (secondary N) is 4. The van der Waals surface area contributed by atoms with Gasteiger partial charge < -0.3 is 5.73 Å². The van der Waals surface area contributed by atoms with Gasteiger partial charge in [0.15, 0.2) is 9.84 Å². The molecule has 178 valence electrons. The van der Waals surface area contributed by atoms with Crippen molar-refractivity contribution in [1.82, 2.24) is 10.4 Å². The summed E-state index contributed by atoms with van der Waals surface area (Å²) in [7, 11) is -3.37.